The van der Waals surface area contributed by atoms with E-state index >= 15 is 0 Å². The van der Waals surface area contributed by atoms with Crippen molar-refractivity contribution in [1.29, 1.82) is 0 Å². The Bertz CT molecular complexity index is 658. The summed E-state index contributed by atoms with van der Waals surface area (Å²) >= 11 is 0. The Morgan fingerprint density at radius 3 is 2.10 bits per heavy atom. The Kier molecular flexibility index (Phi) is 4.08. The first-order chi connectivity index (χ1) is 10.0. The number of para-hydroxylation sites is 2. The molecule has 0 heterocycles. The summed E-state index contributed by atoms with van der Waals surface area (Å²) in [5.74, 6) is -1.47. The lowest BCUT2D eigenvalue weighted by molar-refractivity contribution is -0.138. The lowest BCUT2D eigenvalue weighted by atomic mass is 10.0. The molecule has 4 N–H and O–H groups in total. The van der Waals surface area contributed by atoms with Crippen LogP contribution in [-0.4, -0.2) is 22.2 Å². The van der Waals surface area contributed by atoms with Crippen molar-refractivity contribution in [2.24, 2.45) is 5.73 Å². The van der Waals surface area contributed by atoms with Crippen LogP contribution in [0.1, 0.15) is 11.6 Å². The molecule has 0 aliphatic carbocycles. The Hall–Kier alpha value is -3.02. The van der Waals surface area contributed by atoms with Crippen LogP contribution in [0.2, 0.25) is 0 Å². The number of nitrogens with two attached hydrogens (primary N) is 1. The Morgan fingerprint density at radius 2 is 1.57 bits per heavy atom. The highest BCUT2D eigenvalue weighted by Gasteiger charge is 2.32. The molecule has 0 aliphatic heterocycles. The molecule has 0 aromatic heterocycles. The van der Waals surface area contributed by atoms with E-state index in [1.165, 1.54) is 12.1 Å². The number of hydrogen-bond donors (Lipinski definition) is 3. The van der Waals surface area contributed by atoms with E-state index in [2.05, 4.69) is 0 Å². The number of rotatable bonds is 4. The van der Waals surface area contributed by atoms with Gasteiger partial charge in [-0.05, 0) is 17.7 Å². The standard InChI is InChI=1S/C15H14N2O4/c16-15(21)17(11-8-4-5-9-12(11)18)13(14(19)20)10-6-2-1-3-7-10/h1-9,13,18H,(H2,16,21)(H,19,20). The number of benzene rings is 2. The first-order valence-electron chi connectivity index (χ1n) is 6.16. The van der Waals surface area contributed by atoms with Gasteiger partial charge in [0.15, 0.2) is 6.04 Å². The highest BCUT2D eigenvalue weighted by molar-refractivity contribution is 5.99. The molecule has 108 valence electrons. The summed E-state index contributed by atoms with van der Waals surface area (Å²) < 4.78 is 0. The van der Waals surface area contributed by atoms with Crippen LogP contribution in [0.5, 0.6) is 5.75 Å². The minimum Gasteiger partial charge on any atom is -0.506 e. The number of anilines is 1. The van der Waals surface area contributed by atoms with Crippen molar-refractivity contribution in [2.45, 2.75) is 6.04 Å². The van der Waals surface area contributed by atoms with E-state index in [0.29, 0.717) is 5.56 Å². The summed E-state index contributed by atoms with van der Waals surface area (Å²) in [7, 11) is 0. The maximum Gasteiger partial charge on any atom is 0.331 e. The van der Waals surface area contributed by atoms with E-state index in [1.807, 2.05) is 0 Å². The van der Waals surface area contributed by atoms with Gasteiger partial charge in [0.2, 0.25) is 0 Å². The van der Waals surface area contributed by atoms with Gasteiger partial charge in [0.1, 0.15) is 5.75 Å². The number of hydrogen-bond acceptors (Lipinski definition) is 3. The largest absolute Gasteiger partial charge is 0.506 e. The van der Waals surface area contributed by atoms with Crippen LogP contribution < -0.4 is 10.6 Å². The maximum absolute atomic E-state index is 11.7. The third kappa shape index (κ3) is 2.94. The van der Waals surface area contributed by atoms with Crippen LogP contribution in [0.4, 0.5) is 10.5 Å². The van der Waals surface area contributed by atoms with Gasteiger partial charge in [-0.3, -0.25) is 4.90 Å². The number of phenolic OH excluding ortho intramolecular Hbond substituents is 1. The zero-order chi connectivity index (χ0) is 15.4. The molecule has 0 saturated heterocycles. The van der Waals surface area contributed by atoms with Crippen molar-refractivity contribution < 1.29 is 19.8 Å². The van der Waals surface area contributed by atoms with Gasteiger partial charge < -0.3 is 15.9 Å². The summed E-state index contributed by atoms with van der Waals surface area (Å²) in [6.07, 6.45) is 0. The molecule has 0 spiro atoms. The molecule has 1 unspecified atom stereocenters. The van der Waals surface area contributed by atoms with Crippen molar-refractivity contribution in [2.75, 3.05) is 4.90 Å². The zero-order valence-electron chi connectivity index (χ0n) is 11.0. The molecule has 2 aromatic rings. The molecule has 0 bridgehead atoms. The van der Waals surface area contributed by atoms with E-state index in [4.69, 9.17) is 5.73 Å². The number of carbonyl (C=O) groups is 2. The highest BCUT2D eigenvalue weighted by atomic mass is 16.4. The monoisotopic (exact) mass is 286 g/mol. The van der Waals surface area contributed by atoms with Crippen LogP contribution in [0, 0.1) is 0 Å². The molecule has 0 fully saturated rings. The summed E-state index contributed by atoms with van der Waals surface area (Å²) in [6, 6.07) is 11.9. The molecule has 2 aromatic carbocycles. The molecule has 2 rings (SSSR count). The van der Waals surface area contributed by atoms with Crippen molar-refractivity contribution in [1.82, 2.24) is 0 Å². The van der Waals surface area contributed by atoms with E-state index in [9.17, 15) is 19.8 Å². The third-order valence-corrected chi connectivity index (χ3v) is 2.99. The second-order valence-electron chi connectivity index (χ2n) is 4.35. The van der Waals surface area contributed by atoms with Crippen LogP contribution in [0.15, 0.2) is 54.6 Å². The van der Waals surface area contributed by atoms with E-state index in [0.717, 1.165) is 4.90 Å². The fourth-order valence-corrected chi connectivity index (χ4v) is 2.09. The zero-order valence-corrected chi connectivity index (χ0v) is 11.0. The molecular formula is C15H14N2O4. The number of carboxylic acids is 1. The number of aromatic hydroxyl groups is 1. The van der Waals surface area contributed by atoms with Crippen molar-refractivity contribution in [3.63, 3.8) is 0 Å². The third-order valence-electron chi connectivity index (χ3n) is 2.99. The Morgan fingerprint density at radius 1 is 1.00 bits per heavy atom. The quantitative estimate of drug-likeness (QED) is 0.800. The normalized spacial score (nSPS) is 11.6. The van der Waals surface area contributed by atoms with Crippen LogP contribution >= 0.6 is 0 Å². The van der Waals surface area contributed by atoms with E-state index in [-0.39, 0.29) is 11.4 Å². The smallest absolute Gasteiger partial charge is 0.331 e. The lowest BCUT2D eigenvalue weighted by Crippen LogP contribution is -2.42. The predicted molar refractivity (Wildman–Crippen MR) is 77.0 cm³/mol. The van der Waals surface area contributed by atoms with Crippen LogP contribution in [0.25, 0.3) is 0 Å². The number of phenols is 1. The van der Waals surface area contributed by atoms with Gasteiger partial charge in [0.05, 0.1) is 5.69 Å². The van der Waals surface area contributed by atoms with Gasteiger partial charge in [-0.1, -0.05) is 42.5 Å². The summed E-state index contributed by atoms with van der Waals surface area (Å²) in [6.45, 7) is 0. The number of nitrogens with zero attached hydrogens (tertiary/aromatic N) is 1. The molecule has 0 aliphatic rings. The average molecular weight is 286 g/mol. The predicted octanol–water partition coefficient (Wildman–Crippen LogP) is 2.10. The second kappa shape index (κ2) is 5.96. The Balaban J connectivity index is 2.57. The first-order valence-corrected chi connectivity index (χ1v) is 6.16. The minimum atomic E-state index is -1.32. The van der Waals surface area contributed by atoms with Gasteiger partial charge in [0, 0.05) is 0 Å². The second-order valence-corrected chi connectivity index (χ2v) is 4.35. The molecule has 6 nitrogen and oxygen atoms in total. The van der Waals surface area contributed by atoms with Crippen LogP contribution in [0.3, 0.4) is 0 Å². The maximum atomic E-state index is 11.7. The van der Waals surface area contributed by atoms with Gasteiger partial charge >= 0.3 is 12.0 Å². The fourth-order valence-electron chi connectivity index (χ4n) is 2.09. The number of urea groups is 1. The summed E-state index contributed by atoms with van der Waals surface area (Å²) in [5.41, 5.74) is 5.75. The van der Waals surface area contributed by atoms with E-state index < -0.39 is 18.0 Å². The van der Waals surface area contributed by atoms with Crippen molar-refractivity contribution in [3.05, 3.63) is 60.2 Å². The SMILES string of the molecule is NC(=O)N(c1ccccc1O)C(C(=O)O)c1ccccc1. The molecule has 21 heavy (non-hydrogen) atoms. The van der Waals surface area contributed by atoms with Crippen LogP contribution in [-0.2, 0) is 4.79 Å². The molecular weight excluding hydrogens is 272 g/mol. The van der Waals surface area contributed by atoms with Crippen molar-refractivity contribution >= 4 is 17.7 Å². The van der Waals surface area contributed by atoms with Gasteiger partial charge in [0.25, 0.3) is 0 Å². The highest BCUT2D eigenvalue weighted by Crippen LogP contribution is 2.33. The van der Waals surface area contributed by atoms with Crippen molar-refractivity contribution in [3.8, 4) is 5.75 Å². The summed E-state index contributed by atoms with van der Waals surface area (Å²) in [5, 5.41) is 19.3. The topological polar surface area (TPSA) is 104 Å². The number of primary amides is 1. The summed E-state index contributed by atoms with van der Waals surface area (Å²) in [4.78, 5) is 24.2. The molecule has 6 heteroatoms. The molecule has 2 amide bonds. The van der Waals surface area contributed by atoms with Gasteiger partial charge in [-0.25, -0.2) is 9.59 Å². The lowest BCUT2D eigenvalue weighted by Gasteiger charge is -2.28. The molecule has 1 atom stereocenters. The molecule has 0 saturated carbocycles. The van der Waals surface area contributed by atoms with Gasteiger partial charge in [-0.2, -0.15) is 0 Å². The number of aliphatic carboxylic acids is 1. The average Bonchev–Trinajstić information content (AvgIpc) is 2.46. The number of carbonyl (C=O) groups excluding carboxylic acids is 1. The molecule has 0 radical (unpaired) electrons. The minimum absolute atomic E-state index is 0.0428. The van der Waals surface area contributed by atoms with Gasteiger partial charge in [-0.15, -0.1) is 0 Å². The first kappa shape index (κ1) is 14.4. The fraction of sp³-hybridized carbons (Fsp3) is 0.0667. The number of carboxylic acid groups (broad SMARTS) is 1. The Labute approximate surface area is 121 Å². The number of amides is 2. The van der Waals surface area contributed by atoms with E-state index in [1.54, 1.807) is 42.5 Å².